The molecular weight excluding hydrogens is 232 g/mol. The third-order valence-corrected chi connectivity index (χ3v) is 3.22. The summed E-state index contributed by atoms with van der Waals surface area (Å²) in [5, 5.41) is 0. The second kappa shape index (κ2) is 7.70. The maximum absolute atomic E-state index is 5.65. The molecule has 0 bridgehead atoms. The highest BCUT2D eigenvalue weighted by Gasteiger charge is 2.23. The number of halogens is 1. The molecule has 0 amide bonds. The molecule has 96 valence electrons. The van der Waals surface area contributed by atoms with E-state index in [0.717, 1.165) is 32.0 Å². The van der Waals surface area contributed by atoms with Crippen LogP contribution in [-0.4, -0.2) is 31.1 Å². The van der Waals surface area contributed by atoms with Crippen molar-refractivity contribution < 1.29 is 0 Å². The van der Waals surface area contributed by atoms with Gasteiger partial charge >= 0.3 is 0 Å². The molecule has 1 aliphatic rings. The number of hydrogen-bond donors (Lipinski definition) is 1. The first-order valence-corrected chi connectivity index (χ1v) is 6.35. The van der Waals surface area contributed by atoms with Crippen LogP contribution in [0.15, 0.2) is 30.3 Å². The van der Waals surface area contributed by atoms with E-state index in [1.807, 2.05) is 0 Å². The van der Waals surface area contributed by atoms with Crippen LogP contribution in [0.4, 0.5) is 0 Å². The van der Waals surface area contributed by atoms with E-state index in [1.54, 1.807) is 0 Å². The molecule has 3 heteroatoms. The third-order valence-electron chi connectivity index (χ3n) is 3.22. The predicted molar refractivity (Wildman–Crippen MR) is 75.6 cm³/mol. The van der Waals surface area contributed by atoms with Crippen molar-refractivity contribution in [3.8, 4) is 0 Å². The molecule has 1 aromatic rings. The van der Waals surface area contributed by atoms with E-state index in [2.05, 4.69) is 35.2 Å². The second-order valence-electron chi connectivity index (χ2n) is 4.77. The SMILES string of the molecule is Cl.NCCN(CCc1ccccc1)CC1CC1. The highest BCUT2D eigenvalue weighted by atomic mass is 35.5. The molecule has 2 N–H and O–H groups in total. The van der Waals surface area contributed by atoms with Crippen molar-refractivity contribution in [3.63, 3.8) is 0 Å². The lowest BCUT2D eigenvalue weighted by atomic mass is 10.1. The maximum Gasteiger partial charge on any atom is 0.0105 e. The predicted octanol–water partition coefficient (Wildman–Crippen LogP) is 2.32. The van der Waals surface area contributed by atoms with Crippen molar-refractivity contribution in [1.29, 1.82) is 0 Å². The molecule has 0 aromatic heterocycles. The molecule has 0 spiro atoms. The van der Waals surface area contributed by atoms with E-state index in [-0.39, 0.29) is 12.4 Å². The van der Waals surface area contributed by atoms with Gasteiger partial charge in [0.05, 0.1) is 0 Å². The van der Waals surface area contributed by atoms with Gasteiger partial charge in [-0.15, -0.1) is 12.4 Å². The molecule has 0 radical (unpaired) electrons. The average molecular weight is 255 g/mol. The minimum atomic E-state index is 0. The normalized spacial score (nSPS) is 14.7. The van der Waals surface area contributed by atoms with Crippen LogP contribution < -0.4 is 5.73 Å². The van der Waals surface area contributed by atoms with E-state index in [0.29, 0.717) is 0 Å². The molecule has 0 aliphatic heterocycles. The smallest absolute Gasteiger partial charge is 0.0105 e. The van der Waals surface area contributed by atoms with Gasteiger partial charge in [-0.3, -0.25) is 0 Å². The van der Waals surface area contributed by atoms with Gasteiger partial charge in [-0.05, 0) is 30.7 Å². The summed E-state index contributed by atoms with van der Waals surface area (Å²) in [6.07, 6.45) is 3.99. The fourth-order valence-corrected chi connectivity index (χ4v) is 2.07. The Labute approximate surface area is 111 Å². The highest BCUT2D eigenvalue weighted by Crippen LogP contribution is 2.29. The Bertz CT molecular complexity index is 298. The van der Waals surface area contributed by atoms with Crippen molar-refractivity contribution >= 4 is 12.4 Å². The lowest BCUT2D eigenvalue weighted by Gasteiger charge is -2.21. The molecular formula is C14H23ClN2. The Morgan fingerprint density at radius 3 is 2.41 bits per heavy atom. The molecule has 1 aliphatic carbocycles. The van der Waals surface area contributed by atoms with Gasteiger partial charge in [-0.2, -0.15) is 0 Å². The Kier molecular flexibility index (Phi) is 6.56. The zero-order chi connectivity index (χ0) is 11.2. The van der Waals surface area contributed by atoms with Gasteiger partial charge in [0.1, 0.15) is 0 Å². The van der Waals surface area contributed by atoms with Gasteiger partial charge in [0.15, 0.2) is 0 Å². The summed E-state index contributed by atoms with van der Waals surface area (Å²) in [6.45, 7) is 4.23. The first-order chi connectivity index (χ1) is 7.88. The first-order valence-electron chi connectivity index (χ1n) is 6.35. The molecule has 0 heterocycles. The van der Waals surface area contributed by atoms with Gasteiger partial charge in [-0.1, -0.05) is 30.3 Å². The van der Waals surface area contributed by atoms with E-state index in [1.165, 1.54) is 24.9 Å². The summed E-state index contributed by atoms with van der Waals surface area (Å²) in [5.41, 5.74) is 7.08. The van der Waals surface area contributed by atoms with Gasteiger partial charge in [0, 0.05) is 26.2 Å². The summed E-state index contributed by atoms with van der Waals surface area (Å²) in [6, 6.07) is 10.7. The summed E-state index contributed by atoms with van der Waals surface area (Å²) in [7, 11) is 0. The minimum absolute atomic E-state index is 0. The first kappa shape index (κ1) is 14.5. The summed E-state index contributed by atoms with van der Waals surface area (Å²) >= 11 is 0. The Balaban J connectivity index is 0.00000144. The Morgan fingerprint density at radius 2 is 1.82 bits per heavy atom. The van der Waals surface area contributed by atoms with Crippen molar-refractivity contribution in [2.75, 3.05) is 26.2 Å². The van der Waals surface area contributed by atoms with Gasteiger partial charge in [0.2, 0.25) is 0 Å². The number of hydrogen-bond acceptors (Lipinski definition) is 2. The van der Waals surface area contributed by atoms with Crippen LogP contribution >= 0.6 is 12.4 Å². The van der Waals surface area contributed by atoms with Crippen LogP contribution in [0.2, 0.25) is 0 Å². The molecule has 1 saturated carbocycles. The van der Waals surface area contributed by atoms with Gasteiger partial charge in [0.25, 0.3) is 0 Å². The molecule has 1 aromatic carbocycles. The van der Waals surface area contributed by atoms with Crippen LogP contribution in [0.3, 0.4) is 0 Å². The van der Waals surface area contributed by atoms with Crippen LogP contribution in [-0.2, 0) is 6.42 Å². The zero-order valence-corrected chi connectivity index (χ0v) is 11.2. The number of rotatable bonds is 7. The number of nitrogens with two attached hydrogens (primary N) is 1. The monoisotopic (exact) mass is 254 g/mol. The molecule has 2 nitrogen and oxygen atoms in total. The fraction of sp³-hybridized carbons (Fsp3) is 0.571. The molecule has 17 heavy (non-hydrogen) atoms. The standard InChI is InChI=1S/C14H22N2.ClH/c15-9-11-16(12-14-6-7-14)10-8-13-4-2-1-3-5-13;/h1-5,14H,6-12,15H2;1H. The summed E-state index contributed by atoms with van der Waals surface area (Å²) in [4.78, 5) is 2.52. The molecule has 0 saturated heterocycles. The van der Waals surface area contributed by atoms with E-state index < -0.39 is 0 Å². The molecule has 0 unspecified atom stereocenters. The zero-order valence-electron chi connectivity index (χ0n) is 10.3. The lowest BCUT2D eigenvalue weighted by Crippen LogP contribution is -2.33. The van der Waals surface area contributed by atoms with Crippen LogP contribution in [0.5, 0.6) is 0 Å². The number of benzene rings is 1. The lowest BCUT2D eigenvalue weighted by molar-refractivity contribution is 0.273. The molecule has 1 fully saturated rings. The quantitative estimate of drug-likeness (QED) is 0.809. The van der Waals surface area contributed by atoms with Crippen molar-refractivity contribution in [3.05, 3.63) is 35.9 Å². The van der Waals surface area contributed by atoms with Crippen molar-refractivity contribution in [2.45, 2.75) is 19.3 Å². The van der Waals surface area contributed by atoms with Crippen molar-refractivity contribution in [1.82, 2.24) is 4.90 Å². The van der Waals surface area contributed by atoms with E-state index >= 15 is 0 Å². The third kappa shape index (κ3) is 5.53. The molecule has 2 rings (SSSR count). The van der Waals surface area contributed by atoms with Crippen LogP contribution in [0.25, 0.3) is 0 Å². The highest BCUT2D eigenvalue weighted by molar-refractivity contribution is 5.85. The molecule has 0 atom stereocenters. The second-order valence-corrected chi connectivity index (χ2v) is 4.77. The van der Waals surface area contributed by atoms with E-state index in [4.69, 9.17) is 5.73 Å². The van der Waals surface area contributed by atoms with Crippen LogP contribution in [0.1, 0.15) is 18.4 Å². The topological polar surface area (TPSA) is 29.3 Å². The largest absolute Gasteiger partial charge is 0.329 e. The Morgan fingerprint density at radius 1 is 1.12 bits per heavy atom. The summed E-state index contributed by atoms with van der Waals surface area (Å²) in [5.74, 6) is 0.960. The maximum atomic E-state index is 5.65. The number of nitrogens with zero attached hydrogens (tertiary/aromatic N) is 1. The van der Waals surface area contributed by atoms with Gasteiger partial charge < -0.3 is 10.6 Å². The van der Waals surface area contributed by atoms with Crippen LogP contribution in [0, 0.1) is 5.92 Å². The summed E-state index contributed by atoms with van der Waals surface area (Å²) < 4.78 is 0. The van der Waals surface area contributed by atoms with Gasteiger partial charge in [-0.25, -0.2) is 0 Å². The average Bonchev–Trinajstić information content (AvgIpc) is 3.12. The van der Waals surface area contributed by atoms with E-state index in [9.17, 15) is 0 Å². The minimum Gasteiger partial charge on any atom is -0.329 e. The fourth-order valence-electron chi connectivity index (χ4n) is 2.07. The van der Waals surface area contributed by atoms with Crippen molar-refractivity contribution in [2.24, 2.45) is 11.7 Å². The Hall–Kier alpha value is -0.570.